The molecule has 6 heteroatoms. The van der Waals surface area contributed by atoms with Crippen molar-refractivity contribution < 1.29 is 18.7 Å². The van der Waals surface area contributed by atoms with Crippen LogP contribution in [0.25, 0.3) is 0 Å². The summed E-state index contributed by atoms with van der Waals surface area (Å²) >= 11 is 5.77. The molecule has 1 heterocycles. The molecule has 0 aliphatic carbocycles. The highest BCUT2D eigenvalue weighted by Crippen LogP contribution is 2.15. The van der Waals surface area contributed by atoms with Gasteiger partial charge in [0.1, 0.15) is 12.9 Å². The van der Waals surface area contributed by atoms with E-state index in [1.807, 2.05) is 12.1 Å². The van der Waals surface area contributed by atoms with Crippen LogP contribution in [0.15, 0.2) is 34.9 Å². The predicted molar refractivity (Wildman–Crippen MR) is 68.2 cm³/mol. The molecule has 0 radical (unpaired) electrons. The summed E-state index contributed by atoms with van der Waals surface area (Å²) in [6.45, 7) is 2.28. The van der Waals surface area contributed by atoms with E-state index in [9.17, 15) is 4.79 Å². The van der Waals surface area contributed by atoms with E-state index in [0.717, 1.165) is 5.56 Å². The van der Waals surface area contributed by atoms with Gasteiger partial charge in [0.2, 0.25) is 0 Å². The van der Waals surface area contributed by atoms with Crippen LogP contribution in [0.5, 0.6) is 6.08 Å². The van der Waals surface area contributed by atoms with Crippen LogP contribution in [0, 0.1) is 0 Å². The van der Waals surface area contributed by atoms with E-state index >= 15 is 0 Å². The van der Waals surface area contributed by atoms with Gasteiger partial charge in [0.25, 0.3) is 0 Å². The fourth-order valence-corrected chi connectivity index (χ4v) is 1.47. The number of hydrogen-bond donors (Lipinski definition) is 0. The van der Waals surface area contributed by atoms with Crippen molar-refractivity contribution in [1.82, 2.24) is 4.98 Å². The van der Waals surface area contributed by atoms with Gasteiger partial charge in [-0.3, -0.25) is 0 Å². The number of ether oxygens (including phenoxy) is 2. The SMILES string of the molecule is CCOC(=O)c1coc(OCc2ccc(Cl)cc2)n1. The lowest BCUT2D eigenvalue weighted by atomic mass is 10.2. The average Bonchev–Trinajstić information content (AvgIpc) is 2.87. The summed E-state index contributed by atoms with van der Waals surface area (Å²) in [5, 5.41) is 0.657. The van der Waals surface area contributed by atoms with Crippen molar-refractivity contribution in [2.75, 3.05) is 6.61 Å². The smallest absolute Gasteiger partial charge is 0.394 e. The third-order valence-electron chi connectivity index (χ3n) is 2.24. The molecule has 0 amide bonds. The number of aromatic nitrogens is 1. The topological polar surface area (TPSA) is 61.6 Å². The lowest BCUT2D eigenvalue weighted by Gasteiger charge is -2.01. The first-order valence-corrected chi connectivity index (χ1v) is 6.06. The normalized spacial score (nSPS) is 10.2. The quantitative estimate of drug-likeness (QED) is 0.788. The Morgan fingerprint density at radius 2 is 2.11 bits per heavy atom. The Morgan fingerprint density at radius 3 is 2.79 bits per heavy atom. The highest BCUT2D eigenvalue weighted by Gasteiger charge is 2.13. The molecule has 1 aromatic heterocycles. The minimum absolute atomic E-state index is 0.0259. The molecule has 0 fully saturated rings. The number of esters is 1. The number of benzene rings is 1. The largest absolute Gasteiger partial charge is 0.461 e. The Hall–Kier alpha value is -2.01. The van der Waals surface area contributed by atoms with Gasteiger partial charge >= 0.3 is 12.0 Å². The van der Waals surface area contributed by atoms with Crippen molar-refractivity contribution in [1.29, 1.82) is 0 Å². The van der Waals surface area contributed by atoms with Gasteiger partial charge in [-0.2, -0.15) is 4.98 Å². The number of oxazole rings is 1. The Labute approximate surface area is 115 Å². The number of halogens is 1. The molecule has 0 bridgehead atoms. The molecule has 2 rings (SSSR count). The Balaban J connectivity index is 1.93. The summed E-state index contributed by atoms with van der Waals surface area (Å²) in [6.07, 6.45) is 1.23. The van der Waals surface area contributed by atoms with E-state index < -0.39 is 5.97 Å². The molecule has 0 saturated heterocycles. The number of rotatable bonds is 5. The molecule has 0 aliphatic rings. The van der Waals surface area contributed by atoms with E-state index in [-0.39, 0.29) is 25.0 Å². The lowest BCUT2D eigenvalue weighted by molar-refractivity contribution is 0.0519. The van der Waals surface area contributed by atoms with Crippen LogP contribution in [0.4, 0.5) is 0 Å². The Kier molecular flexibility index (Phi) is 4.41. The number of nitrogens with zero attached hydrogens (tertiary/aromatic N) is 1. The molecule has 5 nitrogen and oxygen atoms in total. The zero-order valence-electron chi connectivity index (χ0n) is 10.3. The van der Waals surface area contributed by atoms with Crippen molar-refractivity contribution in [2.45, 2.75) is 13.5 Å². The van der Waals surface area contributed by atoms with Crippen LogP contribution < -0.4 is 4.74 Å². The van der Waals surface area contributed by atoms with Crippen LogP contribution in [0.1, 0.15) is 23.0 Å². The van der Waals surface area contributed by atoms with Crippen molar-refractivity contribution in [3.63, 3.8) is 0 Å². The van der Waals surface area contributed by atoms with Crippen LogP contribution in [-0.2, 0) is 11.3 Å². The molecule has 0 aliphatic heterocycles. The summed E-state index contributed by atoms with van der Waals surface area (Å²) in [7, 11) is 0. The second-order valence-corrected chi connectivity index (χ2v) is 4.07. The van der Waals surface area contributed by atoms with Gasteiger partial charge in [0.15, 0.2) is 5.69 Å². The van der Waals surface area contributed by atoms with Gasteiger partial charge in [0.05, 0.1) is 6.61 Å². The van der Waals surface area contributed by atoms with Crippen molar-refractivity contribution in [2.24, 2.45) is 0 Å². The van der Waals surface area contributed by atoms with E-state index in [1.165, 1.54) is 6.26 Å². The van der Waals surface area contributed by atoms with Crippen LogP contribution in [0.3, 0.4) is 0 Å². The lowest BCUT2D eigenvalue weighted by Crippen LogP contribution is -2.05. The van der Waals surface area contributed by atoms with Crippen LogP contribution >= 0.6 is 11.6 Å². The number of carbonyl (C=O) groups excluding carboxylic acids is 1. The predicted octanol–water partition coefficient (Wildman–Crippen LogP) is 3.08. The standard InChI is InChI=1S/C13H12ClNO4/c1-2-17-12(16)11-8-19-13(15-11)18-7-9-3-5-10(14)6-4-9/h3-6,8H,2,7H2,1H3. The van der Waals surface area contributed by atoms with Crippen molar-refractivity contribution >= 4 is 17.6 Å². The summed E-state index contributed by atoms with van der Waals surface area (Å²) in [6, 6.07) is 7.19. The first-order valence-electron chi connectivity index (χ1n) is 5.69. The van der Waals surface area contributed by atoms with Gasteiger partial charge in [-0.25, -0.2) is 4.79 Å². The van der Waals surface area contributed by atoms with Crippen LogP contribution in [-0.4, -0.2) is 17.6 Å². The third kappa shape index (κ3) is 3.72. The monoisotopic (exact) mass is 281 g/mol. The molecule has 0 unspecified atom stereocenters. The van der Waals surface area contributed by atoms with E-state index in [1.54, 1.807) is 19.1 Å². The van der Waals surface area contributed by atoms with Gasteiger partial charge < -0.3 is 13.9 Å². The maximum atomic E-state index is 11.4. The molecule has 0 spiro atoms. The molecule has 0 atom stereocenters. The Bertz CT molecular complexity index is 550. The summed E-state index contributed by atoms with van der Waals surface area (Å²) in [4.78, 5) is 15.2. The van der Waals surface area contributed by atoms with Gasteiger partial charge in [-0.15, -0.1) is 0 Å². The Morgan fingerprint density at radius 1 is 1.37 bits per heavy atom. The van der Waals surface area contributed by atoms with E-state index in [0.29, 0.717) is 5.02 Å². The average molecular weight is 282 g/mol. The zero-order valence-corrected chi connectivity index (χ0v) is 11.0. The molecule has 2 aromatic rings. The zero-order chi connectivity index (χ0) is 13.7. The molecule has 100 valence electrons. The third-order valence-corrected chi connectivity index (χ3v) is 2.50. The number of carbonyl (C=O) groups is 1. The van der Waals surface area contributed by atoms with Gasteiger partial charge in [0, 0.05) is 5.02 Å². The number of hydrogen-bond acceptors (Lipinski definition) is 5. The van der Waals surface area contributed by atoms with E-state index in [4.69, 9.17) is 25.5 Å². The summed E-state index contributed by atoms with van der Waals surface area (Å²) < 4.78 is 15.1. The maximum Gasteiger partial charge on any atom is 0.394 e. The molecule has 0 saturated carbocycles. The fourth-order valence-electron chi connectivity index (χ4n) is 1.35. The fraction of sp³-hybridized carbons (Fsp3) is 0.231. The molecule has 0 N–H and O–H groups in total. The molecular weight excluding hydrogens is 270 g/mol. The minimum atomic E-state index is -0.535. The summed E-state index contributed by atoms with van der Waals surface area (Å²) in [5.74, 6) is -0.535. The minimum Gasteiger partial charge on any atom is -0.461 e. The summed E-state index contributed by atoms with van der Waals surface area (Å²) in [5.41, 5.74) is 1.01. The highest BCUT2D eigenvalue weighted by atomic mass is 35.5. The molecule has 19 heavy (non-hydrogen) atoms. The van der Waals surface area contributed by atoms with E-state index in [2.05, 4.69) is 4.98 Å². The van der Waals surface area contributed by atoms with Gasteiger partial charge in [-0.05, 0) is 24.6 Å². The maximum absolute atomic E-state index is 11.4. The second kappa shape index (κ2) is 6.24. The molecular formula is C13H12ClNO4. The van der Waals surface area contributed by atoms with Crippen molar-refractivity contribution in [3.8, 4) is 6.08 Å². The first-order chi connectivity index (χ1) is 9.19. The van der Waals surface area contributed by atoms with Crippen molar-refractivity contribution in [3.05, 3.63) is 46.8 Å². The first kappa shape index (κ1) is 13.4. The second-order valence-electron chi connectivity index (χ2n) is 3.63. The van der Waals surface area contributed by atoms with Gasteiger partial charge in [-0.1, -0.05) is 23.7 Å². The van der Waals surface area contributed by atoms with Crippen LogP contribution in [0.2, 0.25) is 5.02 Å². The molecule has 1 aromatic carbocycles. The highest BCUT2D eigenvalue weighted by molar-refractivity contribution is 6.30.